The van der Waals surface area contributed by atoms with Crippen molar-refractivity contribution in [1.82, 2.24) is 14.9 Å². The van der Waals surface area contributed by atoms with Crippen molar-refractivity contribution in [3.05, 3.63) is 53.0 Å². The van der Waals surface area contributed by atoms with E-state index in [1.54, 1.807) is 0 Å². The highest BCUT2D eigenvalue weighted by molar-refractivity contribution is 5.94. The van der Waals surface area contributed by atoms with Gasteiger partial charge >= 0.3 is 0 Å². The number of anilines is 1. The van der Waals surface area contributed by atoms with Crippen LogP contribution in [0.3, 0.4) is 0 Å². The largest absolute Gasteiger partial charge is 0.353 e. The molecular weight excluding hydrogens is 336 g/mol. The second-order valence-corrected chi connectivity index (χ2v) is 7.94. The molecular formula is C22H30N4O. The first-order valence-electron chi connectivity index (χ1n) is 9.85. The quantitative estimate of drug-likeness (QED) is 0.821. The molecule has 0 atom stereocenters. The van der Waals surface area contributed by atoms with Gasteiger partial charge in [0.1, 0.15) is 11.6 Å². The molecule has 0 N–H and O–H groups in total. The van der Waals surface area contributed by atoms with Crippen LogP contribution in [0.25, 0.3) is 0 Å². The van der Waals surface area contributed by atoms with Crippen molar-refractivity contribution in [1.29, 1.82) is 0 Å². The Morgan fingerprint density at radius 3 is 2.11 bits per heavy atom. The Hall–Kier alpha value is -2.43. The molecule has 5 nitrogen and oxygen atoms in total. The molecule has 2 aromatic rings. The van der Waals surface area contributed by atoms with Gasteiger partial charge in [0.15, 0.2) is 0 Å². The fraction of sp³-hybridized carbons (Fsp3) is 0.500. The summed E-state index contributed by atoms with van der Waals surface area (Å²) in [6.07, 6.45) is 0. The van der Waals surface area contributed by atoms with E-state index < -0.39 is 0 Å². The first kappa shape index (κ1) is 19.3. The molecule has 1 saturated heterocycles. The summed E-state index contributed by atoms with van der Waals surface area (Å²) < 4.78 is 0. The zero-order valence-corrected chi connectivity index (χ0v) is 17.1. The monoisotopic (exact) mass is 366 g/mol. The SMILES string of the molecule is Cc1cc(N2CCN(C(=O)c3ccc(C(C)C)cc3)CC2)nc(C(C)C)n1. The van der Waals surface area contributed by atoms with Crippen LogP contribution in [0.15, 0.2) is 30.3 Å². The van der Waals surface area contributed by atoms with Crippen LogP contribution in [0.5, 0.6) is 0 Å². The molecule has 0 aliphatic carbocycles. The molecule has 5 heteroatoms. The van der Waals surface area contributed by atoms with Crippen LogP contribution in [0.2, 0.25) is 0 Å². The van der Waals surface area contributed by atoms with Crippen molar-refractivity contribution in [3.63, 3.8) is 0 Å². The summed E-state index contributed by atoms with van der Waals surface area (Å²) in [5, 5.41) is 0. The normalized spacial score (nSPS) is 14.9. The number of aromatic nitrogens is 2. The molecule has 27 heavy (non-hydrogen) atoms. The van der Waals surface area contributed by atoms with E-state index in [0.717, 1.165) is 36.0 Å². The number of carbonyl (C=O) groups excluding carboxylic acids is 1. The van der Waals surface area contributed by atoms with Crippen LogP contribution in [0, 0.1) is 6.92 Å². The van der Waals surface area contributed by atoms with Crippen LogP contribution in [0.4, 0.5) is 5.82 Å². The molecule has 0 unspecified atom stereocenters. The van der Waals surface area contributed by atoms with Gasteiger partial charge in [-0.25, -0.2) is 9.97 Å². The van der Waals surface area contributed by atoms with Gasteiger partial charge in [-0.2, -0.15) is 0 Å². The average molecular weight is 367 g/mol. The molecule has 0 saturated carbocycles. The van der Waals surface area contributed by atoms with Gasteiger partial charge in [0, 0.05) is 49.4 Å². The maximum absolute atomic E-state index is 12.8. The molecule has 1 aliphatic heterocycles. The molecule has 144 valence electrons. The van der Waals surface area contributed by atoms with E-state index in [2.05, 4.69) is 49.7 Å². The standard InChI is InChI=1S/C22H30N4O/c1-15(2)18-6-8-19(9-7-18)22(27)26-12-10-25(11-13-26)20-14-17(5)23-21(24-20)16(3)4/h6-9,14-16H,10-13H2,1-5H3. The lowest BCUT2D eigenvalue weighted by atomic mass is 10.0. The zero-order chi connectivity index (χ0) is 19.6. The molecule has 1 amide bonds. The molecule has 1 aromatic heterocycles. The summed E-state index contributed by atoms with van der Waals surface area (Å²) >= 11 is 0. The number of nitrogens with zero attached hydrogens (tertiary/aromatic N) is 4. The summed E-state index contributed by atoms with van der Waals surface area (Å²) in [5.41, 5.74) is 3.02. The molecule has 1 fully saturated rings. The van der Waals surface area contributed by atoms with E-state index >= 15 is 0 Å². The van der Waals surface area contributed by atoms with Gasteiger partial charge in [-0.05, 0) is 30.5 Å². The molecule has 0 radical (unpaired) electrons. The number of rotatable bonds is 4. The second-order valence-electron chi connectivity index (χ2n) is 7.94. The van der Waals surface area contributed by atoms with E-state index in [9.17, 15) is 4.79 Å². The topological polar surface area (TPSA) is 49.3 Å². The molecule has 2 heterocycles. The first-order valence-corrected chi connectivity index (χ1v) is 9.85. The van der Waals surface area contributed by atoms with Gasteiger partial charge in [0.2, 0.25) is 0 Å². The van der Waals surface area contributed by atoms with Crippen molar-refractivity contribution in [3.8, 4) is 0 Å². The Morgan fingerprint density at radius 1 is 0.926 bits per heavy atom. The van der Waals surface area contributed by atoms with Crippen molar-refractivity contribution in [2.75, 3.05) is 31.1 Å². The Balaban J connectivity index is 1.65. The maximum atomic E-state index is 12.8. The highest BCUT2D eigenvalue weighted by atomic mass is 16.2. The maximum Gasteiger partial charge on any atom is 0.253 e. The third kappa shape index (κ3) is 4.46. The highest BCUT2D eigenvalue weighted by Crippen LogP contribution is 2.20. The Morgan fingerprint density at radius 2 is 1.56 bits per heavy atom. The van der Waals surface area contributed by atoms with Crippen LogP contribution < -0.4 is 4.90 Å². The number of piperazine rings is 1. The minimum Gasteiger partial charge on any atom is -0.353 e. The fourth-order valence-corrected chi connectivity index (χ4v) is 3.33. The van der Waals surface area contributed by atoms with Crippen molar-refractivity contribution >= 4 is 11.7 Å². The van der Waals surface area contributed by atoms with Gasteiger partial charge in [-0.1, -0.05) is 39.8 Å². The van der Waals surface area contributed by atoms with Crippen molar-refractivity contribution in [2.45, 2.75) is 46.5 Å². The minimum atomic E-state index is 0.117. The Kier molecular flexibility index (Phi) is 5.78. The number of benzene rings is 1. The van der Waals surface area contributed by atoms with E-state index in [4.69, 9.17) is 4.98 Å². The lowest BCUT2D eigenvalue weighted by molar-refractivity contribution is 0.0746. The van der Waals surface area contributed by atoms with Gasteiger partial charge in [-0.15, -0.1) is 0 Å². The van der Waals surface area contributed by atoms with Gasteiger partial charge < -0.3 is 9.80 Å². The third-order valence-corrected chi connectivity index (χ3v) is 5.09. The number of aryl methyl sites for hydroxylation is 1. The number of amides is 1. The molecule has 1 aromatic carbocycles. The minimum absolute atomic E-state index is 0.117. The number of hydrogen-bond donors (Lipinski definition) is 0. The lowest BCUT2D eigenvalue weighted by Gasteiger charge is -2.35. The van der Waals surface area contributed by atoms with Crippen molar-refractivity contribution in [2.24, 2.45) is 0 Å². The van der Waals surface area contributed by atoms with Gasteiger partial charge in [-0.3, -0.25) is 4.79 Å². The average Bonchev–Trinajstić information content (AvgIpc) is 2.67. The fourth-order valence-electron chi connectivity index (χ4n) is 3.33. The molecule has 1 aliphatic rings. The summed E-state index contributed by atoms with van der Waals surface area (Å²) in [4.78, 5) is 26.3. The van der Waals surface area contributed by atoms with E-state index in [1.807, 2.05) is 30.0 Å². The predicted octanol–water partition coefficient (Wildman–Crippen LogP) is 3.99. The summed E-state index contributed by atoms with van der Waals surface area (Å²) in [6.45, 7) is 13.6. The van der Waals surface area contributed by atoms with Crippen LogP contribution in [-0.2, 0) is 0 Å². The Bertz CT molecular complexity index is 790. The number of carbonyl (C=O) groups is 1. The highest BCUT2D eigenvalue weighted by Gasteiger charge is 2.23. The van der Waals surface area contributed by atoms with Crippen LogP contribution in [-0.4, -0.2) is 47.0 Å². The van der Waals surface area contributed by atoms with Crippen LogP contribution in [0.1, 0.15) is 67.0 Å². The lowest BCUT2D eigenvalue weighted by Crippen LogP contribution is -2.49. The number of hydrogen-bond acceptors (Lipinski definition) is 4. The smallest absolute Gasteiger partial charge is 0.253 e. The zero-order valence-electron chi connectivity index (χ0n) is 17.1. The van der Waals surface area contributed by atoms with E-state index in [1.165, 1.54) is 5.56 Å². The third-order valence-electron chi connectivity index (χ3n) is 5.09. The molecule has 0 spiro atoms. The second kappa shape index (κ2) is 8.07. The van der Waals surface area contributed by atoms with E-state index in [0.29, 0.717) is 24.9 Å². The molecule has 3 rings (SSSR count). The summed E-state index contributed by atoms with van der Waals surface area (Å²) in [5.74, 6) is 2.75. The summed E-state index contributed by atoms with van der Waals surface area (Å²) in [7, 11) is 0. The summed E-state index contributed by atoms with van der Waals surface area (Å²) in [6, 6.07) is 10.1. The van der Waals surface area contributed by atoms with Crippen LogP contribution >= 0.6 is 0 Å². The van der Waals surface area contributed by atoms with Crippen molar-refractivity contribution < 1.29 is 4.79 Å². The first-order chi connectivity index (χ1) is 12.8. The van der Waals surface area contributed by atoms with Gasteiger partial charge in [0.05, 0.1) is 0 Å². The predicted molar refractivity (Wildman–Crippen MR) is 110 cm³/mol. The van der Waals surface area contributed by atoms with E-state index in [-0.39, 0.29) is 5.91 Å². The Labute approximate surface area is 162 Å². The molecule has 0 bridgehead atoms. The van der Waals surface area contributed by atoms with Gasteiger partial charge in [0.25, 0.3) is 5.91 Å².